The maximum absolute atomic E-state index is 13.3. The average Bonchev–Trinajstić information content (AvgIpc) is 3.33. The minimum atomic E-state index is -1.04. The van der Waals surface area contributed by atoms with Gasteiger partial charge in [-0.25, -0.2) is 0 Å². The fourth-order valence-electron chi connectivity index (χ4n) is 3.91. The monoisotopic (exact) mass is 377 g/mol. The van der Waals surface area contributed by atoms with E-state index in [0.717, 1.165) is 16.9 Å². The number of nitrogens with zero attached hydrogens (tertiary/aromatic N) is 2. The highest BCUT2D eigenvalue weighted by atomic mass is 16.5. The Morgan fingerprint density at radius 3 is 2.61 bits per heavy atom. The Kier molecular flexibility index (Phi) is 4.65. The summed E-state index contributed by atoms with van der Waals surface area (Å²) < 4.78 is 5.20. The van der Waals surface area contributed by atoms with Gasteiger partial charge >= 0.3 is 0 Å². The lowest BCUT2D eigenvalue weighted by atomic mass is 9.92. The van der Waals surface area contributed by atoms with E-state index in [1.807, 2.05) is 61.5 Å². The summed E-state index contributed by atoms with van der Waals surface area (Å²) in [4.78, 5) is 15.0. The van der Waals surface area contributed by atoms with Crippen molar-refractivity contribution in [1.29, 1.82) is 0 Å². The SMILES string of the molecule is COc1ccc(-c2[nH]ncc2C(=O)N2CC(O)(c3ccccc3)CC2C)cc1. The number of amides is 1. The van der Waals surface area contributed by atoms with Crippen molar-refractivity contribution < 1.29 is 14.6 Å². The van der Waals surface area contributed by atoms with E-state index < -0.39 is 5.60 Å². The minimum Gasteiger partial charge on any atom is -0.497 e. The molecule has 0 radical (unpaired) electrons. The van der Waals surface area contributed by atoms with Gasteiger partial charge in [0, 0.05) is 18.0 Å². The van der Waals surface area contributed by atoms with Gasteiger partial charge in [-0.2, -0.15) is 5.10 Å². The largest absolute Gasteiger partial charge is 0.497 e. The van der Waals surface area contributed by atoms with Gasteiger partial charge in [0.15, 0.2) is 0 Å². The van der Waals surface area contributed by atoms with Crippen LogP contribution in [0, 0.1) is 0 Å². The lowest BCUT2D eigenvalue weighted by Gasteiger charge is -2.24. The second kappa shape index (κ2) is 7.13. The molecule has 0 bridgehead atoms. The molecule has 2 aromatic carbocycles. The smallest absolute Gasteiger partial charge is 0.258 e. The van der Waals surface area contributed by atoms with Gasteiger partial charge in [-0.3, -0.25) is 9.89 Å². The number of nitrogens with one attached hydrogen (secondary N) is 1. The summed E-state index contributed by atoms with van der Waals surface area (Å²) in [6, 6.07) is 16.9. The van der Waals surface area contributed by atoms with Crippen LogP contribution >= 0.6 is 0 Å². The topological polar surface area (TPSA) is 78.5 Å². The predicted molar refractivity (Wildman–Crippen MR) is 106 cm³/mol. The number of aromatic amines is 1. The molecule has 6 heteroatoms. The molecule has 2 heterocycles. The van der Waals surface area contributed by atoms with Gasteiger partial charge in [0.05, 0.1) is 31.1 Å². The lowest BCUT2D eigenvalue weighted by Crippen LogP contribution is -2.36. The molecule has 4 rings (SSSR count). The van der Waals surface area contributed by atoms with Gasteiger partial charge in [-0.05, 0) is 36.8 Å². The maximum Gasteiger partial charge on any atom is 0.258 e. The molecular formula is C22H23N3O3. The number of hydrogen-bond acceptors (Lipinski definition) is 4. The molecular weight excluding hydrogens is 354 g/mol. The number of benzene rings is 2. The summed E-state index contributed by atoms with van der Waals surface area (Å²) in [6.45, 7) is 2.22. The summed E-state index contributed by atoms with van der Waals surface area (Å²) in [5.41, 5.74) is 1.80. The number of H-pyrrole nitrogens is 1. The maximum atomic E-state index is 13.3. The van der Waals surface area contributed by atoms with Crippen LogP contribution in [-0.2, 0) is 5.60 Å². The number of rotatable bonds is 4. The van der Waals surface area contributed by atoms with Crippen LogP contribution in [-0.4, -0.2) is 45.8 Å². The van der Waals surface area contributed by atoms with E-state index in [0.29, 0.717) is 17.7 Å². The van der Waals surface area contributed by atoms with Crippen molar-refractivity contribution in [3.8, 4) is 17.0 Å². The predicted octanol–water partition coefficient (Wildman–Crippen LogP) is 3.21. The molecule has 28 heavy (non-hydrogen) atoms. The van der Waals surface area contributed by atoms with Crippen molar-refractivity contribution in [3.05, 3.63) is 71.9 Å². The molecule has 6 nitrogen and oxygen atoms in total. The molecule has 2 atom stereocenters. The van der Waals surface area contributed by atoms with Gasteiger partial charge in [0.25, 0.3) is 5.91 Å². The highest BCUT2D eigenvalue weighted by Crippen LogP contribution is 2.37. The van der Waals surface area contributed by atoms with Crippen LogP contribution in [0.1, 0.15) is 29.3 Å². The third kappa shape index (κ3) is 3.16. The number of ether oxygens (including phenoxy) is 1. The summed E-state index contributed by atoms with van der Waals surface area (Å²) in [6.07, 6.45) is 2.05. The van der Waals surface area contributed by atoms with E-state index in [-0.39, 0.29) is 18.5 Å². The van der Waals surface area contributed by atoms with E-state index in [2.05, 4.69) is 10.2 Å². The molecule has 1 aromatic heterocycles. The fourth-order valence-corrected chi connectivity index (χ4v) is 3.91. The highest BCUT2D eigenvalue weighted by Gasteiger charge is 2.44. The average molecular weight is 377 g/mol. The third-order valence-electron chi connectivity index (χ3n) is 5.42. The zero-order valence-electron chi connectivity index (χ0n) is 15.9. The van der Waals surface area contributed by atoms with Crippen LogP contribution in [0.4, 0.5) is 0 Å². The summed E-state index contributed by atoms with van der Waals surface area (Å²) >= 11 is 0. The Bertz CT molecular complexity index is 968. The number of aliphatic hydroxyl groups is 1. The number of likely N-dealkylation sites (tertiary alicyclic amines) is 1. The molecule has 1 aliphatic rings. The molecule has 144 valence electrons. The number of methoxy groups -OCH3 is 1. The van der Waals surface area contributed by atoms with Crippen LogP contribution < -0.4 is 4.74 Å². The Labute approximate surface area is 163 Å². The van der Waals surface area contributed by atoms with E-state index in [1.165, 1.54) is 0 Å². The zero-order chi connectivity index (χ0) is 19.7. The second-order valence-corrected chi connectivity index (χ2v) is 7.27. The number of carbonyl (C=O) groups excluding carboxylic acids is 1. The highest BCUT2D eigenvalue weighted by molar-refractivity contribution is 6.00. The normalized spacial score (nSPS) is 21.7. The Hall–Kier alpha value is -3.12. The number of β-amino-alcohol motifs (C(OH)–C–C–N with tert-alkyl or cyclic N) is 1. The van der Waals surface area contributed by atoms with Crippen LogP contribution in [0.2, 0.25) is 0 Å². The number of carbonyl (C=O) groups is 1. The molecule has 1 aliphatic heterocycles. The number of aromatic nitrogens is 2. The van der Waals surface area contributed by atoms with Crippen LogP contribution in [0.15, 0.2) is 60.8 Å². The molecule has 1 saturated heterocycles. The van der Waals surface area contributed by atoms with E-state index >= 15 is 0 Å². The quantitative estimate of drug-likeness (QED) is 0.732. The third-order valence-corrected chi connectivity index (χ3v) is 5.42. The minimum absolute atomic E-state index is 0.0867. The van der Waals surface area contributed by atoms with Gasteiger partial charge < -0.3 is 14.7 Å². The summed E-state index contributed by atoms with van der Waals surface area (Å²) in [5.74, 6) is 0.608. The van der Waals surface area contributed by atoms with E-state index in [1.54, 1.807) is 18.2 Å². The standard InChI is InChI=1S/C22H23N3O3/c1-15-12-22(27,17-6-4-3-5-7-17)14-25(15)21(26)19-13-23-24-20(19)16-8-10-18(28-2)11-9-16/h3-11,13,15,27H,12,14H2,1-2H3,(H,23,24). The Morgan fingerprint density at radius 2 is 1.93 bits per heavy atom. The van der Waals surface area contributed by atoms with Crippen LogP contribution in [0.25, 0.3) is 11.3 Å². The van der Waals surface area contributed by atoms with Crippen molar-refractivity contribution in [1.82, 2.24) is 15.1 Å². The van der Waals surface area contributed by atoms with Crippen molar-refractivity contribution >= 4 is 5.91 Å². The molecule has 2 N–H and O–H groups in total. The Balaban J connectivity index is 1.61. The van der Waals surface area contributed by atoms with Crippen LogP contribution in [0.3, 0.4) is 0 Å². The van der Waals surface area contributed by atoms with E-state index in [9.17, 15) is 9.90 Å². The molecule has 3 aromatic rings. The first kappa shape index (κ1) is 18.3. The second-order valence-electron chi connectivity index (χ2n) is 7.27. The molecule has 2 unspecified atom stereocenters. The van der Waals surface area contributed by atoms with Crippen molar-refractivity contribution in [2.45, 2.75) is 25.0 Å². The van der Waals surface area contributed by atoms with E-state index in [4.69, 9.17) is 4.74 Å². The first-order valence-corrected chi connectivity index (χ1v) is 9.28. The molecule has 0 aliphatic carbocycles. The number of hydrogen-bond donors (Lipinski definition) is 2. The fraction of sp³-hybridized carbons (Fsp3) is 0.273. The van der Waals surface area contributed by atoms with Gasteiger partial charge in [-0.1, -0.05) is 30.3 Å². The summed E-state index contributed by atoms with van der Waals surface area (Å²) in [7, 11) is 1.61. The molecule has 0 saturated carbocycles. The van der Waals surface area contributed by atoms with Gasteiger partial charge in [0.2, 0.25) is 0 Å². The van der Waals surface area contributed by atoms with Crippen molar-refractivity contribution in [2.24, 2.45) is 0 Å². The molecule has 1 amide bonds. The van der Waals surface area contributed by atoms with Crippen molar-refractivity contribution in [2.75, 3.05) is 13.7 Å². The first-order chi connectivity index (χ1) is 13.5. The Morgan fingerprint density at radius 1 is 1.21 bits per heavy atom. The van der Waals surface area contributed by atoms with Crippen molar-refractivity contribution in [3.63, 3.8) is 0 Å². The van der Waals surface area contributed by atoms with Gasteiger partial charge in [-0.15, -0.1) is 0 Å². The van der Waals surface area contributed by atoms with Gasteiger partial charge in [0.1, 0.15) is 11.4 Å². The molecule has 1 fully saturated rings. The van der Waals surface area contributed by atoms with Crippen LogP contribution in [0.5, 0.6) is 5.75 Å². The lowest BCUT2D eigenvalue weighted by molar-refractivity contribution is 0.0417. The first-order valence-electron chi connectivity index (χ1n) is 9.28. The zero-order valence-corrected chi connectivity index (χ0v) is 15.9. The summed E-state index contributed by atoms with van der Waals surface area (Å²) in [5, 5.41) is 18.2. The molecule has 0 spiro atoms.